The minimum Gasteiger partial charge on any atom is -0.394 e. The van der Waals surface area contributed by atoms with Crippen molar-refractivity contribution in [2.75, 3.05) is 13.2 Å². The maximum atomic E-state index is 13.0. The number of hydrogen-bond donors (Lipinski definition) is 6. The van der Waals surface area contributed by atoms with Crippen LogP contribution in [0.25, 0.3) is 0 Å². The number of carbonyl (C=O) groups is 1. The Bertz CT molecular complexity index is 1380. The highest BCUT2D eigenvalue weighted by molar-refractivity contribution is 5.76. The SMILES string of the molecule is CC/C=C\C/C=C\C/C=C\C/C=C\C/C=C\CCCCCC(=O)NC(COC1OC(CO)C(O)C(O)C1O)C(O)/C=C/CC/C=C/CC/C=C/CCCCCCCCCCCCCCCCCC. The van der Waals surface area contributed by atoms with E-state index in [9.17, 15) is 30.3 Å². The molecule has 1 heterocycles. The first-order valence-corrected chi connectivity index (χ1v) is 27.5. The molecule has 1 amide bonds. The Labute approximate surface area is 415 Å². The number of amides is 1. The van der Waals surface area contributed by atoms with Gasteiger partial charge in [0, 0.05) is 6.42 Å². The summed E-state index contributed by atoms with van der Waals surface area (Å²) in [6.07, 6.45) is 61.9. The Kier molecular flexibility index (Phi) is 44.3. The van der Waals surface area contributed by atoms with Gasteiger partial charge in [-0.3, -0.25) is 4.79 Å². The molecule has 1 rings (SSSR count). The summed E-state index contributed by atoms with van der Waals surface area (Å²) < 4.78 is 11.2. The van der Waals surface area contributed by atoms with Crippen LogP contribution in [0.15, 0.2) is 97.2 Å². The molecule has 390 valence electrons. The van der Waals surface area contributed by atoms with Crippen LogP contribution < -0.4 is 5.32 Å². The van der Waals surface area contributed by atoms with Gasteiger partial charge < -0.3 is 40.3 Å². The van der Waals surface area contributed by atoms with Gasteiger partial charge in [-0.15, -0.1) is 0 Å². The Hall–Kier alpha value is -2.89. The molecule has 1 fully saturated rings. The van der Waals surface area contributed by atoms with E-state index in [0.717, 1.165) is 83.5 Å². The van der Waals surface area contributed by atoms with Gasteiger partial charge in [-0.05, 0) is 89.9 Å². The van der Waals surface area contributed by atoms with Crippen molar-refractivity contribution in [3.8, 4) is 0 Å². The Morgan fingerprint density at radius 2 is 0.926 bits per heavy atom. The third-order valence-corrected chi connectivity index (χ3v) is 12.4. The fourth-order valence-electron chi connectivity index (χ4n) is 8.04. The molecule has 9 nitrogen and oxygen atoms in total. The summed E-state index contributed by atoms with van der Waals surface area (Å²) in [5, 5.41) is 54.4. The number of carbonyl (C=O) groups excluding carboxylic acids is 1. The van der Waals surface area contributed by atoms with Gasteiger partial charge in [-0.1, -0.05) is 214 Å². The van der Waals surface area contributed by atoms with Crippen LogP contribution in [-0.2, 0) is 14.3 Å². The third kappa shape index (κ3) is 37.0. The van der Waals surface area contributed by atoms with Gasteiger partial charge in [0.15, 0.2) is 6.29 Å². The number of aliphatic hydroxyl groups excluding tert-OH is 5. The van der Waals surface area contributed by atoms with Crippen LogP contribution in [0.4, 0.5) is 0 Å². The number of hydrogen-bond acceptors (Lipinski definition) is 8. The summed E-state index contributed by atoms with van der Waals surface area (Å²) in [5.74, 6) is -0.225. The number of allylic oxidation sites excluding steroid dienone is 15. The zero-order valence-electron chi connectivity index (χ0n) is 43.1. The highest BCUT2D eigenvalue weighted by atomic mass is 16.7. The first-order chi connectivity index (χ1) is 33.3. The number of rotatable bonds is 45. The Morgan fingerprint density at radius 1 is 0.515 bits per heavy atom. The summed E-state index contributed by atoms with van der Waals surface area (Å²) in [7, 11) is 0. The molecule has 0 aromatic heterocycles. The molecule has 7 unspecified atom stereocenters. The lowest BCUT2D eigenvalue weighted by molar-refractivity contribution is -0.302. The van der Waals surface area contributed by atoms with Crippen molar-refractivity contribution in [1.82, 2.24) is 5.32 Å². The second kappa shape index (κ2) is 47.8. The van der Waals surface area contributed by atoms with Crippen LogP contribution in [0, 0.1) is 0 Å². The van der Waals surface area contributed by atoms with E-state index in [1.165, 1.54) is 103 Å². The highest BCUT2D eigenvalue weighted by Gasteiger charge is 2.44. The highest BCUT2D eigenvalue weighted by Crippen LogP contribution is 2.23. The average molecular weight is 952 g/mol. The minimum atomic E-state index is -1.59. The van der Waals surface area contributed by atoms with E-state index < -0.39 is 49.5 Å². The molecule has 0 aromatic rings. The van der Waals surface area contributed by atoms with Gasteiger partial charge in [-0.2, -0.15) is 0 Å². The van der Waals surface area contributed by atoms with Crippen molar-refractivity contribution in [2.45, 2.75) is 256 Å². The standard InChI is InChI=1S/C59H101NO8/c1-3-5-7-9-11-13-15-17-19-21-23-24-25-26-27-28-29-31-32-34-36-38-40-42-44-46-48-53(62)52(51-67-59-58(66)57(65)56(64)54(50-61)68-59)60-55(63)49-47-45-43-41-39-37-35-33-30-22-20-18-16-14-12-10-8-6-4-2/h6,8,12,14,18,20,30-33,37-40,46,48,52-54,56-59,61-62,64-66H,3-5,7,9-11,13,15-17,19,21-29,34-36,41-45,47,49-51H2,1-2H3,(H,60,63)/b8-6-,14-12-,20-18-,32-31+,33-30-,39-37-,40-38+,48-46+. The maximum absolute atomic E-state index is 13.0. The molecular formula is C59H101NO8. The van der Waals surface area contributed by atoms with Crippen LogP contribution in [0.1, 0.15) is 213 Å². The molecule has 68 heavy (non-hydrogen) atoms. The van der Waals surface area contributed by atoms with Crippen LogP contribution in [0.2, 0.25) is 0 Å². The number of unbranched alkanes of at least 4 members (excludes halogenated alkanes) is 21. The molecule has 6 N–H and O–H groups in total. The lowest BCUT2D eigenvalue weighted by Gasteiger charge is -2.40. The average Bonchev–Trinajstić information content (AvgIpc) is 3.34. The summed E-state index contributed by atoms with van der Waals surface area (Å²) in [6.45, 7) is 3.62. The summed E-state index contributed by atoms with van der Waals surface area (Å²) in [6, 6.07) is -0.853. The molecule has 9 heteroatoms. The molecule has 1 aliphatic heterocycles. The Balaban J connectivity index is 2.33. The fraction of sp³-hybridized carbons (Fsp3) is 0.712. The fourth-order valence-corrected chi connectivity index (χ4v) is 8.04. The predicted molar refractivity (Wildman–Crippen MR) is 285 cm³/mol. The number of ether oxygens (including phenoxy) is 2. The second-order valence-corrected chi connectivity index (χ2v) is 18.6. The van der Waals surface area contributed by atoms with Crippen LogP contribution in [-0.4, -0.2) is 87.5 Å². The normalized spacial score (nSPS) is 20.4. The van der Waals surface area contributed by atoms with Gasteiger partial charge in [0.2, 0.25) is 5.91 Å². The van der Waals surface area contributed by atoms with E-state index in [-0.39, 0.29) is 18.9 Å². The topological polar surface area (TPSA) is 149 Å². The molecule has 0 aliphatic carbocycles. The van der Waals surface area contributed by atoms with E-state index in [0.29, 0.717) is 6.42 Å². The molecular weight excluding hydrogens is 851 g/mol. The van der Waals surface area contributed by atoms with E-state index in [1.54, 1.807) is 6.08 Å². The van der Waals surface area contributed by atoms with Crippen LogP contribution in [0.5, 0.6) is 0 Å². The van der Waals surface area contributed by atoms with Gasteiger partial charge in [-0.25, -0.2) is 0 Å². The van der Waals surface area contributed by atoms with Gasteiger partial charge >= 0.3 is 0 Å². The lowest BCUT2D eigenvalue weighted by Crippen LogP contribution is -2.60. The predicted octanol–water partition coefficient (Wildman–Crippen LogP) is 13.2. The molecule has 0 bridgehead atoms. The van der Waals surface area contributed by atoms with Crippen molar-refractivity contribution < 1.29 is 39.8 Å². The second-order valence-electron chi connectivity index (χ2n) is 18.6. The molecule has 0 saturated carbocycles. The quantitative estimate of drug-likeness (QED) is 0.0261. The smallest absolute Gasteiger partial charge is 0.220 e. The van der Waals surface area contributed by atoms with Crippen molar-refractivity contribution in [1.29, 1.82) is 0 Å². The zero-order chi connectivity index (χ0) is 49.4. The van der Waals surface area contributed by atoms with Crippen molar-refractivity contribution in [3.63, 3.8) is 0 Å². The maximum Gasteiger partial charge on any atom is 0.220 e. The van der Waals surface area contributed by atoms with Crippen LogP contribution in [0.3, 0.4) is 0 Å². The summed E-state index contributed by atoms with van der Waals surface area (Å²) in [4.78, 5) is 13.0. The molecule has 0 spiro atoms. The third-order valence-electron chi connectivity index (χ3n) is 12.4. The van der Waals surface area contributed by atoms with Crippen molar-refractivity contribution in [3.05, 3.63) is 97.2 Å². The summed E-state index contributed by atoms with van der Waals surface area (Å²) >= 11 is 0. The molecule has 1 aliphatic rings. The molecule has 7 atom stereocenters. The van der Waals surface area contributed by atoms with Gasteiger partial charge in [0.05, 0.1) is 25.4 Å². The van der Waals surface area contributed by atoms with E-state index >= 15 is 0 Å². The van der Waals surface area contributed by atoms with E-state index in [1.807, 2.05) is 6.08 Å². The summed E-state index contributed by atoms with van der Waals surface area (Å²) in [5.41, 5.74) is 0. The number of nitrogens with one attached hydrogen (secondary N) is 1. The van der Waals surface area contributed by atoms with E-state index in [2.05, 4.69) is 104 Å². The zero-order valence-corrected chi connectivity index (χ0v) is 43.1. The Morgan fingerprint density at radius 3 is 1.41 bits per heavy atom. The monoisotopic (exact) mass is 952 g/mol. The van der Waals surface area contributed by atoms with Gasteiger partial charge in [0.1, 0.15) is 24.4 Å². The molecule has 1 saturated heterocycles. The van der Waals surface area contributed by atoms with Crippen LogP contribution >= 0.6 is 0 Å². The largest absolute Gasteiger partial charge is 0.394 e. The van der Waals surface area contributed by atoms with Crippen molar-refractivity contribution in [2.24, 2.45) is 0 Å². The first kappa shape index (κ1) is 63.1. The number of aliphatic hydroxyl groups is 5. The molecule has 0 aromatic carbocycles. The van der Waals surface area contributed by atoms with Crippen molar-refractivity contribution >= 4 is 5.91 Å². The molecule has 0 radical (unpaired) electrons. The van der Waals surface area contributed by atoms with E-state index in [4.69, 9.17) is 9.47 Å². The lowest BCUT2D eigenvalue weighted by atomic mass is 9.99. The van der Waals surface area contributed by atoms with Gasteiger partial charge in [0.25, 0.3) is 0 Å². The minimum absolute atomic E-state index is 0.225. The first-order valence-electron chi connectivity index (χ1n) is 27.5.